The molecular formula is C10H18N2O3S. The maximum absolute atomic E-state index is 12.1. The highest BCUT2D eigenvalue weighted by molar-refractivity contribution is 7.89. The van der Waals surface area contributed by atoms with E-state index in [1.54, 1.807) is 13.8 Å². The van der Waals surface area contributed by atoms with Gasteiger partial charge in [0.2, 0.25) is 15.9 Å². The van der Waals surface area contributed by atoms with Crippen molar-refractivity contribution in [3.05, 3.63) is 0 Å². The molecule has 0 radical (unpaired) electrons. The van der Waals surface area contributed by atoms with Gasteiger partial charge in [-0.2, -0.15) is 4.31 Å². The van der Waals surface area contributed by atoms with Crippen molar-refractivity contribution in [1.29, 1.82) is 0 Å². The second-order valence-corrected chi connectivity index (χ2v) is 7.05. The van der Waals surface area contributed by atoms with Gasteiger partial charge >= 0.3 is 0 Å². The molecule has 1 N–H and O–H groups in total. The van der Waals surface area contributed by atoms with Crippen LogP contribution in [0.25, 0.3) is 0 Å². The molecule has 1 saturated heterocycles. The Balaban J connectivity index is 2.20. The third-order valence-electron chi connectivity index (χ3n) is 3.26. The molecule has 1 aliphatic carbocycles. The second kappa shape index (κ2) is 3.70. The van der Waals surface area contributed by atoms with Crippen molar-refractivity contribution in [3.8, 4) is 0 Å². The van der Waals surface area contributed by atoms with Gasteiger partial charge in [0.25, 0.3) is 0 Å². The summed E-state index contributed by atoms with van der Waals surface area (Å²) in [5, 5.41) is 2.70. The molecule has 1 saturated carbocycles. The van der Waals surface area contributed by atoms with E-state index in [-0.39, 0.29) is 11.7 Å². The number of hydrogen-bond acceptors (Lipinski definition) is 3. The smallest absolute Gasteiger partial charge is 0.241 e. The van der Waals surface area contributed by atoms with E-state index in [0.29, 0.717) is 19.0 Å². The van der Waals surface area contributed by atoms with E-state index in [2.05, 4.69) is 5.32 Å². The number of hydrogen-bond donors (Lipinski definition) is 1. The van der Waals surface area contributed by atoms with Crippen LogP contribution in [0.15, 0.2) is 0 Å². The number of nitrogens with one attached hydrogen (secondary N) is 1. The number of piperazine rings is 1. The van der Waals surface area contributed by atoms with Gasteiger partial charge in [0.15, 0.2) is 0 Å². The van der Waals surface area contributed by atoms with Gasteiger partial charge in [0.05, 0.1) is 5.75 Å². The monoisotopic (exact) mass is 246 g/mol. The predicted molar refractivity (Wildman–Crippen MR) is 60.3 cm³/mol. The fraction of sp³-hybridized carbons (Fsp3) is 0.900. The van der Waals surface area contributed by atoms with Gasteiger partial charge in [0, 0.05) is 13.1 Å². The Hall–Kier alpha value is -0.620. The number of rotatable bonds is 3. The first-order valence-electron chi connectivity index (χ1n) is 5.63. The van der Waals surface area contributed by atoms with Crippen LogP contribution in [0, 0.1) is 5.92 Å². The van der Waals surface area contributed by atoms with Gasteiger partial charge < -0.3 is 5.32 Å². The normalized spacial score (nSPS) is 26.5. The van der Waals surface area contributed by atoms with Crippen LogP contribution in [0.1, 0.15) is 26.7 Å². The topological polar surface area (TPSA) is 66.5 Å². The Kier molecular flexibility index (Phi) is 2.74. The Morgan fingerprint density at radius 3 is 2.62 bits per heavy atom. The molecule has 5 nitrogen and oxygen atoms in total. The summed E-state index contributed by atoms with van der Waals surface area (Å²) in [5.41, 5.74) is -0.952. The highest BCUT2D eigenvalue weighted by Gasteiger charge is 2.45. The average Bonchev–Trinajstić information content (AvgIpc) is 2.92. The molecule has 0 atom stereocenters. The number of carbonyl (C=O) groups excluding carboxylic acids is 1. The summed E-state index contributed by atoms with van der Waals surface area (Å²) in [7, 11) is -3.29. The molecule has 1 heterocycles. The van der Waals surface area contributed by atoms with E-state index in [0.717, 1.165) is 12.8 Å². The molecule has 92 valence electrons. The van der Waals surface area contributed by atoms with E-state index in [1.165, 1.54) is 4.31 Å². The molecule has 2 rings (SSSR count). The first-order valence-corrected chi connectivity index (χ1v) is 7.24. The Morgan fingerprint density at radius 2 is 2.06 bits per heavy atom. The average molecular weight is 246 g/mol. The van der Waals surface area contributed by atoms with E-state index in [9.17, 15) is 13.2 Å². The first-order chi connectivity index (χ1) is 7.34. The zero-order chi connectivity index (χ0) is 12.0. The molecule has 0 aromatic heterocycles. The first kappa shape index (κ1) is 11.9. The minimum Gasteiger partial charge on any atom is -0.353 e. The van der Waals surface area contributed by atoms with Crippen LogP contribution in [0.5, 0.6) is 0 Å². The Morgan fingerprint density at radius 1 is 1.44 bits per heavy atom. The van der Waals surface area contributed by atoms with Crippen molar-refractivity contribution in [1.82, 2.24) is 9.62 Å². The minimum absolute atomic E-state index is 0.198. The fourth-order valence-electron chi connectivity index (χ4n) is 2.04. The van der Waals surface area contributed by atoms with E-state index < -0.39 is 15.6 Å². The van der Waals surface area contributed by atoms with Gasteiger partial charge in [-0.05, 0) is 32.6 Å². The van der Waals surface area contributed by atoms with Gasteiger partial charge in [-0.1, -0.05) is 0 Å². The van der Waals surface area contributed by atoms with E-state index in [4.69, 9.17) is 0 Å². The van der Waals surface area contributed by atoms with Crippen molar-refractivity contribution in [2.45, 2.75) is 32.2 Å². The zero-order valence-electron chi connectivity index (χ0n) is 9.69. The molecule has 2 aliphatic rings. The van der Waals surface area contributed by atoms with Gasteiger partial charge in [-0.3, -0.25) is 4.79 Å². The summed E-state index contributed by atoms with van der Waals surface area (Å²) in [4.78, 5) is 11.7. The molecule has 0 unspecified atom stereocenters. The molecule has 16 heavy (non-hydrogen) atoms. The molecule has 1 aliphatic heterocycles. The molecule has 2 fully saturated rings. The van der Waals surface area contributed by atoms with Crippen LogP contribution in [-0.4, -0.2) is 43.0 Å². The van der Waals surface area contributed by atoms with Crippen molar-refractivity contribution >= 4 is 15.9 Å². The van der Waals surface area contributed by atoms with Crippen LogP contribution in [0.4, 0.5) is 0 Å². The third-order valence-corrected chi connectivity index (χ3v) is 5.46. The fourth-order valence-corrected chi connectivity index (χ4v) is 4.30. The lowest BCUT2D eigenvalue weighted by Crippen LogP contribution is -2.63. The second-order valence-electron chi connectivity index (χ2n) is 5.11. The van der Waals surface area contributed by atoms with Crippen LogP contribution in [0.3, 0.4) is 0 Å². The molecular weight excluding hydrogens is 228 g/mol. The highest BCUT2D eigenvalue weighted by atomic mass is 32.2. The summed E-state index contributed by atoms with van der Waals surface area (Å²) in [6, 6.07) is 0. The van der Waals surface area contributed by atoms with Crippen molar-refractivity contribution in [3.63, 3.8) is 0 Å². The highest BCUT2D eigenvalue weighted by Crippen LogP contribution is 2.33. The summed E-state index contributed by atoms with van der Waals surface area (Å²) >= 11 is 0. The summed E-state index contributed by atoms with van der Waals surface area (Å²) in [6.45, 7) is 4.11. The molecule has 0 spiro atoms. The van der Waals surface area contributed by atoms with Crippen molar-refractivity contribution in [2.75, 3.05) is 18.8 Å². The lowest BCUT2D eigenvalue weighted by molar-refractivity contribution is -0.131. The number of amides is 1. The number of carbonyl (C=O) groups is 1. The largest absolute Gasteiger partial charge is 0.353 e. The van der Waals surface area contributed by atoms with Gasteiger partial charge in [-0.15, -0.1) is 0 Å². The molecule has 0 bridgehead atoms. The van der Waals surface area contributed by atoms with E-state index in [1.807, 2.05) is 0 Å². The predicted octanol–water partition coefficient (Wildman–Crippen LogP) is -0.0634. The van der Waals surface area contributed by atoms with Gasteiger partial charge in [0.1, 0.15) is 5.54 Å². The SMILES string of the molecule is CC1(C)C(=O)NCCN1S(=O)(=O)CC1CC1. The van der Waals surface area contributed by atoms with Crippen LogP contribution in [0.2, 0.25) is 0 Å². The lowest BCUT2D eigenvalue weighted by atomic mass is 10.0. The van der Waals surface area contributed by atoms with Crippen molar-refractivity contribution < 1.29 is 13.2 Å². The molecule has 1 amide bonds. The minimum atomic E-state index is -3.29. The molecule has 0 aromatic rings. The summed E-state index contributed by atoms with van der Waals surface area (Å²) in [5.74, 6) is 0.299. The van der Waals surface area contributed by atoms with Gasteiger partial charge in [-0.25, -0.2) is 8.42 Å². The van der Waals surface area contributed by atoms with Crippen LogP contribution in [-0.2, 0) is 14.8 Å². The third kappa shape index (κ3) is 2.08. The van der Waals surface area contributed by atoms with Crippen LogP contribution < -0.4 is 5.32 Å². The molecule has 6 heteroatoms. The Bertz CT molecular complexity index is 398. The van der Waals surface area contributed by atoms with E-state index >= 15 is 0 Å². The maximum Gasteiger partial charge on any atom is 0.241 e. The summed E-state index contributed by atoms with van der Waals surface area (Å²) in [6.07, 6.45) is 2.00. The lowest BCUT2D eigenvalue weighted by Gasteiger charge is -2.39. The standard InChI is InChI=1S/C10H18N2O3S/c1-10(2)9(13)11-5-6-12(10)16(14,15)7-8-3-4-8/h8H,3-7H2,1-2H3,(H,11,13). The Labute approximate surface area is 96.2 Å². The number of nitrogens with zero attached hydrogens (tertiary/aromatic N) is 1. The number of sulfonamides is 1. The molecule has 0 aromatic carbocycles. The zero-order valence-corrected chi connectivity index (χ0v) is 10.5. The van der Waals surface area contributed by atoms with Crippen LogP contribution >= 0.6 is 0 Å². The summed E-state index contributed by atoms with van der Waals surface area (Å²) < 4.78 is 25.6. The van der Waals surface area contributed by atoms with Crippen molar-refractivity contribution in [2.24, 2.45) is 5.92 Å². The maximum atomic E-state index is 12.1. The quantitative estimate of drug-likeness (QED) is 0.758.